The van der Waals surface area contributed by atoms with Crippen LogP contribution in [0.2, 0.25) is 0 Å². The lowest BCUT2D eigenvalue weighted by Crippen LogP contribution is -2.30. The molecule has 1 aliphatic rings. The van der Waals surface area contributed by atoms with Crippen LogP contribution in [0.15, 0.2) is 59.0 Å². The number of benzene rings is 2. The van der Waals surface area contributed by atoms with Crippen molar-refractivity contribution in [3.8, 4) is 0 Å². The van der Waals surface area contributed by atoms with E-state index in [9.17, 15) is 5.11 Å². The molecule has 0 amide bonds. The van der Waals surface area contributed by atoms with Crippen LogP contribution >= 0.6 is 0 Å². The monoisotopic (exact) mass is 293 g/mol. The molecule has 0 bridgehead atoms. The van der Waals surface area contributed by atoms with Gasteiger partial charge in [-0.1, -0.05) is 42.5 Å². The van der Waals surface area contributed by atoms with Gasteiger partial charge in [0.2, 0.25) is 0 Å². The SMILES string of the molecule is C[C@H](N[C@H]1c2ccccc2C[C@@H]1O)c1cc2ccccc2o1. The van der Waals surface area contributed by atoms with Gasteiger partial charge in [-0.15, -0.1) is 0 Å². The zero-order valence-electron chi connectivity index (χ0n) is 12.5. The fourth-order valence-electron chi connectivity index (χ4n) is 3.34. The van der Waals surface area contributed by atoms with E-state index in [-0.39, 0.29) is 18.2 Å². The van der Waals surface area contributed by atoms with Gasteiger partial charge in [0.05, 0.1) is 18.2 Å². The minimum atomic E-state index is -0.385. The number of aliphatic hydroxyl groups excluding tert-OH is 1. The summed E-state index contributed by atoms with van der Waals surface area (Å²) < 4.78 is 5.92. The summed E-state index contributed by atoms with van der Waals surface area (Å²) in [5, 5.41) is 15.0. The molecule has 3 atom stereocenters. The van der Waals surface area contributed by atoms with Crippen molar-refractivity contribution in [1.82, 2.24) is 5.32 Å². The van der Waals surface area contributed by atoms with Crippen molar-refractivity contribution in [2.24, 2.45) is 0 Å². The van der Waals surface area contributed by atoms with Gasteiger partial charge in [-0.05, 0) is 30.2 Å². The predicted octanol–water partition coefficient (Wildman–Crippen LogP) is 3.74. The third-order valence-electron chi connectivity index (χ3n) is 4.50. The summed E-state index contributed by atoms with van der Waals surface area (Å²) in [4.78, 5) is 0. The first kappa shape index (κ1) is 13.6. The molecule has 0 fully saturated rings. The van der Waals surface area contributed by atoms with Crippen LogP contribution in [0, 0.1) is 0 Å². The second-order valence-corrected chi connectivity index (χ2v) is 6.02. The third-order valence-corrected chi connectivity index (χ3v) is 4.50. The molecule has 2 N–H and O–H groups in total. The zero-order chi connectivity index (χ0) is 15.1. The number of aliphatic hydroxyl groups is 1. The van der Waals surface area contributed by atoms with Crippen LogP contribution in [0.5, 0.6) is 0 Å². The first-order chi connectivity index (χ1) is 10.7. The highest BCUT2D eigenvalue weighted by atomic mass is 16.3. The quantitative estimate of drug-likeness (QED) is 0.773. The maximum atomic E-state index is 10.4. The first-order valence-electron chi connectivity index (χ1n) is 7.73. The highest BCUT2D eigenvalue weighted by molar-refractivity contribution is 5.77. The maximum Gasteiger partial charge on any atom is 0.134 e. The van der Waals surface area contributed by atoms with Crippen LogP contribution in [0.1, 0.15) is 35.9 Å². The summed E-state index contributed by atoms with van der Waals surface area (Å²) in [5.41, 5.74) is 3.32. The van der Waals surface area contributed by atoms with Gasteiger partial charge >= 0.3 is 0 Å². The Morgan fingerprint density at radius 1 is 1.14 bits per heavy atom. The van der Waals surface area contributed by atoms with Gasteiger partial charge in [0, 0.05) is 11.8 Å². The number of fused-ring (bicyclic) bond motifs is 2. The molecule has 0 spiro atoms. The molecule has 2 aromatic carbocycles. The molecule has 0 unspecified atom stereocenters. The Morgan fingerprint density at radius 3 is 2.77 bits per heavy atom. The lowest BCUT2D eigenvalue weighted by atomic mass is 10.1. The second kappa shape index (κ2) is 5.27. The molecule has 0 saturated carbocycles. The standard InChI is InChI=1S/C19H19NO2/c1-12(18-11-14-7-3-5-9-17(14)22-18)20-19-15-8-4-2-6-13(15)10-16(19)21/h2-9,11-12,16,19-21H,10H2,1H3/t12-,16-,19-/m0/s1. The van der Waals surface area contributed by atoms with Crippen LogP contribution in [-0.2, 0) is 6.42 Å². The smallest absolute Gasteiger partial charge is 0.134 e. The highest BCUT2D eigenvalue weighted by Gasteiger charge is 2.32. The van der Waals surface area contributed by atoms with E-state index in [1.807, 2.05) is 30.3 Å². The van der Waals surface area contributed by atoms with Gasteiger partial charge < -0.3 is 9.52 Å². The average Bonchev–Trinajstić information content (AvgIpc) is 3.09. The summed E-state index contributed by atoms with van der Waals surface area (Å²) in [5.74, 6) is 0.901. The van der Waals surface area contributed by atoms with Crippen molar-refractivity contribution >= 4 is 11.0 Å². The number of hydrogen-bond donors (Lipinski definition) is 2. The zero-order valence-corrected chi connectivity index (χ0v) is 12.5. The molecule has 3 heteroatoms. The molecule has 1 aromatic heterocycles. The van der Waals surface area contributed by atoms with Crippen molar-refractivity contribution in [1.29, 1.82) is 0 Å². The van der Waals surface area contributed by atoms with E-state index >= 15 is 0 Å². The van der Waals surface area contributed by atoms with Crippen LogP contribution in [0.3, 0.4) is 0 Å². The predicted molar refractivity (Wildman–Crippen MR) is 86.7 cm³/mol. The van der Waals surface area contributed by atoms with Crippen molar-refractivity contribution in [2.45, 2.75) is 31.5 Å². The molecule has 22 heavy (non-hydrogen) atoms. The largest absolute Gasteiger partial charge is 0.459 e. The minimum absolute atomic E-state index is 0.0400. The van der Waals surface area contributed by atoms with Gasteiger partial charge in [0.25, 0.3) is 0 Å². The van der Waals surface area contributed by atoms with Gasteiger partial charge in [-0.25, -0.2) is 0 Å². The molecular weight excluding hydrogens is 274 g/mol. The van der Waals surface area contributed by atoms with Crippen molar-refractivity contribution < 1.29 is 9.52 Å². The summed E-state index contributed by atoms with van der Waals surface area (Å²) in [6.45, 7) is 2.07. The molecule has 1 aliphatic carbocycles. The summed E-state index contributed by atoms with van der Waals surface area (Å²) in [6, 6.07) is 18.3. The maximum absolute atomic E-state index is 10.4. The van der Waals surface area contributed by atoms with Crippen molar-refractivity contribution in [2.75, 3.05) is 0 Å². The highest BCUT2D eigenvalue weighted by Crippen LogP contribution is 2.34. The van der Waals surface area contributed by atoms with Crippen LogP contribution in [-0.4, -0.2) is 11.2 Å². The lowest BCUT2D eigenvalue weighted by Gasteiger charge is -2.21. The van der Waals surface area contributed by atoms with E-state index in [0.29, 0.717) is 6.42 Å². The second-order valence-electron chi connectivity index (χ2n) is 6.02. The van der Waals surface area contributed by atoms with Crippen LogP contribution in [0.4, 0.5) is 0 Å². The van der Waals surface area contributed by atoms with E-state index in [0.717, 1.165) is 16.7 Å². The van der Waals surface area contributed by atoms with Crippen LogP contribution < -0.4 is 5.32 Å². The normalized spacial score (nSPS) is 21.9. The Kier molecular flexibility index (Phi) is 3.25. The van der Waals surface area contributed by atoms with Crippen LogP contribution in [0.25, 0.3) is 11.0 Å². The Bertz CT molecular complexity index is 775. The molecule has 1 heterocycles. The molecule has 0 radical (unpaired) electrons. The minimum Gasteiger partial charge on any atom is -0.459 e. The number of nitrogens with one attached hydrogen (secondary N) is 1. The molecule has 0 saturated heterocycles. The molecule has 3 aromatic rings. The van der Waals surface area contributed by atoms with Gasteiger partial charge in [0.1, 0.15) is 11.3 Å². The summed E-state index contributed by atoms with van der Waals surface area (Å²) in [6.07, 6.45) is 0.324. The Morgan fingerprint density at radius 2 is 1.91 bits per heavy atom. The van der Waals surface area contributed by atoms with E-state index in [1.165, 1.54) is 11.1 Å². The van der Waals surface area contributed by atoms with Crippen molar-refractivity contribution in [3.63, 3.8) is 0 Å². The fraction of sp³-hybridized carbons (Fsp3) is 0.263. The number of hydrogen-bond acceptors (Lipinski definition) is 3. The molecular formula is C19H19NO2. The van der Waals surface area contributed by atoms with Gasteiger partial charge in [-0.3, -0.25) is 5.32 Å². The van der Waals surface area contributed by atoms with Gasteiger partial charge in [0.15, 0.2) is 0 Å². The number of furan rings is 1. The van der Waals surface area contributed by atoms with E-state index in [1.54, 1.807) is 0 Å². The summed E-state index contributed by atoms with van der Waals surface area (Å²) in [7, 11) is 0. The van der Waals surface area contributed by atoms with E-state index < -0.39 is 0 Å². The fourth-order valence-corrected chi connectivity index (χ4v) is 3.34. The number of rotatable bonds is 3. The Balaban J connectivity index is 1.60. The third kappa shape index (κ3) is 2.23. The average molecular weight is 293 g/mol. The molecule has 3 nitrogen and oxygen atoms in total. The molecule has 4 rings (SSSR count). The topological polar surface area (TPSA) is 45.4 Å². The molecule has 112 valence electrons. The van der Waals surface area contributed by atoms with Crippen molar-refractivity contribution in [3.05, 3.63) is 71.5 Å². The Labute approximate surface area is 129 Å². The van der Waals surface area contributed by atoms with E-state index in [4.69, 9.17) is 4.42 Å². The van der Waals surface area contributed by atoms with Gasteiger partial charge in [-0.2, -0.15) is 0 Å². The Hall–Kier alpha value is -2.10. The lowest BCUT2D eigenvalue weighted by molar-refractivity contribution is 0.134. The van der Waals surface area contributed by atoms with E-state index in [2.05, 4.69) is 36.5 Å². The first-order valence-corrected chi connectivity index (χ1v) is 7.73. The summed E-state index contributed by atoms with van der Waals surface area (Å²) >= 11 is 0. The molecule has 0 aliphatic heterocycles. The number of para-hydroxylation sites is 1.